The molecule has 0 aliphatic heterocycles. The number of aliphatic hydroxyl groups is 1. The predicted octanol–water partition coefficient (Wildman–Crippen LogP) is 3.41. The fraction of sp³-hybridized carbons (Fsp3) is 0.250. The van der Waals surface area contributed by atoms with Crippen molar-refractivity contribution in [2.24, 2.45) is 0 Å². The minimum Gasteiger partial charge on any atom is -0.497 e. The fourth-order valence-electron chi connectivity index (χ4n) is 1.99. The zero-order valence-corrected chi connectivity index (χ0v) is 12.4. The number of ether oxygens (including phenoxy) is 2. The molecular weight excluding hydrogens is 272 g/mol. The van der Waals surface area contributed by atoms with Crippen molar-refractivity contribution >= 4 is 12.6 Å². The van der Waals surface area contributed by atoms with E-state index in [4.69, 9.17) is 9.47 Å². The molecule has 2 aromatic carbocycles. The Morgan fingerprint density at radius 3 is 2.15 bits per heavy atom. The third-order valence-corrected chi connectivity index (χ3v) is 3.77. The van der Waals surface area contributed by atoms with Gasteiger partial charge in [-0.1, -0.05) is 24.3 Å². The van der Waals surface area contributed by atoms with Crippen LogP contribution in [-0.4, -0.2) is 19.3 Å². The SMILES string of the molecule is COc1ccc([C@H](O)[C@H](S)c2cccc(OC)c2)cc1. The van der Waals surface area contributed by atoms with Gasteiger partial charge >= 0.3 is 0 Å². The van der Waals surface area contributed by atoms with Crippen LogP contribution in [0.2, 0.25) is 0 Å². The summed E-state index contributed by atoms with van der Waals surface area (Å²) in [7, 11) is 3.23. The Morgan fingerprint density at radius 1 is 0.900 bits per heavy atom. The summed E-state index contributed by atoms with van der Waals surface area (Å²) >= 11 is 4.52. The second-order valence-corrected chi connectivity index (χ2v) is 5.00. The zero-order chi connectivity index (χ0) is 14.5. The number of hydrogen-bond acceptors (Lipinski definition) is 4. The molecule has 3 nitrogen and oxygen atoms in total. The Bertz CT molecular complexity index is 554. The Hall–Kier alpha value is -1.65. The average Bonchev–Trinajstić information content (AvgIpc) is 2.53. The molecule has 4 heteroatoms. The van der Waals surface area contributed by atoms with E-state index in [1.165, 1.54) is 0 Å². The molecule has 0 fully saturated rings. The maximum absolute atomic E-state index is 10.4. The van der Waals surface area contributed by atoms with E-state index in [2.05, 4.69) is 12.6 Å². The van der Waals surface area contributed by atoms with Gasteiger partial charge in [0, 0.05) is 0 Å². The van der Waals surface area contributed by atoms with E-state index in [1.807, 2.05) is 48.5 Å². The quantitative estimate of drug-likeness (QED) is 0.829. The Balaban J connectivity index is 2.19. The molecule has 2 rings (SSSR count). The molecular formula is C16H18O3S. The number of thiol groups is 1. The monoisotopic (exact) mass is 290 g/mol. The first kappa shape index (κ1) is 14.8. The maximum Gasteiger partial charge on any atom is 0.119 e. The van der Waals surface area contributed by atoms with Gasteiger partial charge in [0.1, 0.15) is 11.5 Å². The summed E-state index contributed by atoms with van der Waals surface area (Å²) in [4.78, 5) is 0. The Labute approximate surface area is 124 Å². The molecule has 0 aromatic heterocycles. The second kappa shape index (κ2) is 6.68. The van der Waals surface area contributed by atoms with E-state index >= 15 is 0 Å². The summed E-state index contributed by atoms with van der Waals surface area (Å²) in [6, 6.07) is 14.9. The van der Waals surface area contributed by atoms with Gasteiger partial charge in [0.25, 0.3) is 0 Å². The van der Waals surface area contributed by atoms with Crippen molar-refractivity contribution in [1.82, 2.24) is 0 Å². The molecule has 0 saturated heterocycles. The molecule has 0 saturated carbocycles. The van der Waals surface area contributed by atoms with Crippen molar-refractivity contribution in [3.63, 3.8) is 0 Å². The molecule has 0 heterocycles. The molecule has 0 spiro atoms. The van der Waals surface area contributed by atoms with Crippen LogP contribution in [0.4, 0.5) is 0 Å². The van der Waals surface area contributed by atoms with E-state index in [9.17, 15) is 5.11 Å². The average molecular weight is 290 g/mol. The highest BCUT2D eigenvalue weighted by molar-refractivity contribution is 7.80. The van der Waals surface area contributed by atoms with Crippen LogP contribution >= 0.6 is 12.6 Å². The lowest BCUT2D eigenvalue weighted by molar-refractivity contribution is 0.175. The van der Waals surface area contributed by atoms with Crippen LogP contribution in [-0.2, 0) is 0 Å². The number of rotatable bonds is 5. The molecule has 0 aliphatic rings. The minimum atomic E-state index is -0.698. The highest BCUT2D eigenvalue weighted by Gasteiger charge is 2.19. The van der Waals surface area contributed by atoms with Gasteiger partial charge < -0.3 is 14.6 Å². The summed E-state index contributed by atoms with van der Waals surface area (Å²) in [6.45, 7) is 0. The van der Waals surface area contributed by atoms with E-state index in [0.29, 0.717) is 0 Å². The van der Waals surface area contributed by atoms with E-state index < -0.39 is 6.10 Å². The van der Waals surface area contributed by atoms with Crippen molar-refractivity contribution < 1.29 is 14.6 Å². The van der Waals surface area contributed by atoms with Crippen LogP contribution in [0.5, 0.6) is 11.5 Å². The molecule has 106 valence electrons. The standard InChI is InChI=1S/C16H18O3S/c1-18-13-8-6-11(7-9-13)15(17)16(20)12-4-3-5-14(10-12)19-2/h3-10,15-17,20H,1-2H3/t15-,16+/m0/s1. The van der Waals surface area contributed by atoms with Crippen LogP contribution in [0.15, 0.2) is 48.5 Å². The lowest BCUT2D eigenvalue weighted by Gasteiger charge is -2.19. The van der Waals surface area contributed by atoms with Crippen LogP contribution in [0.1, 0.15) is 22.5 Å². The van der Waals surface area contributed by atoms with Gasteiger partial charge in [-0.25, -0.2) is 0 Å². The maximum atomic E-state index is 10.4. The van der Waals surface area contributed by atoms with E-state index in [1.54, 1.807) is 14.2 Å². The van der Waals surface area contributed by atoms with Gasteiger partial charge in [-0.15, -0.1) is 0 Å². The molecule has 20 heavy (non-hydrogen) atoms. The van der Waals surface area contributed by atoms with Crippen LogP contribution in [0.25, 0.3) is 0 Å². The van der Waals surface area contributed by atoms with Gasteiger partial charge in [-0.2, -0.15) is 12.6 Å². The summed E-state index contributed by atoms with van der Waals surface area (Å²) in [5.41, 5.74) is 1.71. The largest absolute Gasteiger partial charge is 0.497 e. The molecule has 0 radical (unpaired) electrons. The van der Waals surface area contributed by atoms with Gasteiger partial charge in [0.05, 0.1) is 25.6 Å². The zero-order valence-electron chi connectivity index (χ0n) is 11.5. The highest BCUT2D eigenvalue weighted by Crippen LogP contribution is 2.35. The van der Waals surface area contributed by atoms with E-state index in [-0.39, 0.29) is 5.25 Å². The van der Waals surface area contributed by atoms with Crippen LogP contribution in [0.3, 0.4) is 0 Å². The molecule has 0 unspecified atom stereocenters. The van der Waals surface area contributed by atoms with Gasteiger partial charge in [0.2, 0.25) is 0 Å². The first-order valence-corrected chi connectivity index (χ1v) is 6.81. The van der Waals surface area contributed by atoms with Gasteiger partial charge in [-0.3, -0.25) is 0 Å². The topological polar surface area (TPSA) is 38.7 Å². The number of methoxy groups -OCH3 is 2. The molecule has 0 bridgehead atoms. The molecule has 0 amide bonds. The van der Waals surface area contributed by atoms with Crippen molar-refractivity contribution in [2.45, 2.75) is 11.4 Å². The molecule has 2 aromatic rings. The predicted molar refractivity (Wildman–Crippen MR) is 82.7 cm³/mol. The van der Waals surface area contributed by atoms with Crippen LogP contribution < -0.4 is 9.47 Å². The van der Waals surface area contributed by atoms with Crippen molar-refractivity contribution in [2.75, 3.05) is 14.2 Å². The molecule has 1 N–H and O–H groups in total. The second-order valence-electron chi connectivity index (χ2n) is 4.44. The lowest BCUT2D eigenvalue weighted by Crippen LogP contribution is -2.06. The first-order chi connectivity index (χ1) is 9.65. The normalized spacial score (nSPS) is 13.6. The summed E-state index contributed by atoms with van der Waals surface area (Å²) < 4.78 is 10.3. The lowest BCUT2D eigenvalue weighted by atomic mass is 10.0. The fourth-order valence-corrected chi connectivity index (χ4v) is 2.32. The third kappa shape index (κ3) is 3.26. The van der Waals surface area contributed by atoms with Gasteiger partial charge in [-0.05, 0) is 35.4 Å². The number of aliphatic hydroxyl groups excluding tert-OH is 1. The Morgan fingerprint density at radius 2 is 1.55 bits per heavy atom. The van der Waals surface area contributed by atoms with Crippen LogP contribution in [0, 0.1) is 0 Å². The van der Waals surface area contributed by atoms with Crippen molar-refractivity contribution in [1.29, 1.82) is 0 Å². The summed E-state index contributed by atoms with van der Waals surface area (Å²) in [5.74, 6) is 1.52. The van der Waals surface area contributed by atoms with Gasteiger partial charge in [0.15, 0.2) is 0 Å². The third-order valence-electron chi connectivity index (χ3n) is 3.19. The highest BCUT2D eigenvalue weighted by atomic mass is 32.1. The number of benzene rings is 2. The van der Waals surface area contributed by atoms with Crippen molar-refractivity contribution in [3.8, 4) is 11.5 Å². The van der Waals surface area contributed by atoms with Crippen molar-refractivity contribution in [3.05, 3.63) is 59.7 Å². The summed E-state index contributed by atoms with van der Waals surface area (Å²) in [5, 5.41) is 10.1. The molecule has 2 atom stereocenters. The first-order valence-electron chi connectivity index (χ1n) is 6.29. The Kier molecular flexibility index (Phi) is 4.93. The summed E-state index contributed by atoms with van der Waals surface area (Å²) in [6.07, 6.45) is -0.698. The smallest absolute Gasteiger partial charge is 0.119 e. The molecule has 0 aliphatic carbocycles. The number of hydrogen-bond donors (Lipinski definition) is 2. The van der Waals surface area contributed by atoms with E-state index in [0.717, 1.165) is 22.6 Å². The minimum absolute atomic E-state index is 0.321.